The maximum atomic E-state index is 11.8. The summed E-state index contributed by atoms with van der Waals surface area (Å²) in [6.45, 7) is 0. The van der Waals surface area contributed by atoms with Crippen LogP contribution >= 0.6 is 11.6 Å². The topological polar surface area (TPSA) is 38.3 Å². The fraction of sp³-hybridized carbons (Fsp3) is 0.400. The van der Waals surface area contributed by atoms with Crippen molar-refractivity contribution < 1.29 is 9.53 Å². The molecule has 0 aliphatic heterocycles. The molecule has 1 saturated carbocycles. The first-order valence-corrected chi connectivity index (χ1v) is 6.88. The Morgan fingerprint density at radius 3 is 3.05 bits per heavy atom. The molecular weight excluding hydrogens is 262 g/mol. The van der Waals surface area contributed by atoms with E-state index in [1.807, 2.05) is 6.07 Å². The minimum Gasteiger partial charge on any atom is -0.465 e. The Morgan fingerprint density at radius 2 is 2.32 bits per heavy atom. The largest absolute Gasteiger partial charge is 0.465 e. The summed E-state index contributed by atoms with van der Waals surface area (Å²) in [5.41, 5.74) is 1.31. The van der Waals surface area contributed by atoms with Crippen molar-refractivity contribution in [3.8, 4) is 0 Å². The Kier molecular flexibility index (Phi) is 3.23. The van der Waals surface area contributed by atoms with Crippen LogP contribution in [0, 0.1) is 11.8 Å². The van der Waals surface area contributed by atoms with Crippen LogP contribution in [0.25, 0.3) is 0 Å². The Morgan fingerprint density at radius 1 is 1.47 bits per heavy atom. The van der Waals surface area contributed by atoms with Crippen LogP contribution in [0.4, 0.5) is 5.69 Å². The minimum atomic E-state index is -0.358. The molecule has 3 unspecified atom stereocenters. The van der Waals surface area contributed by atoms with E-state index >= 15 is 0 Å². The van der Waals surface area contributed by atoms with Crippen LogP contribution in [-0.2, 0) is 4.74 Å². The van der Waals surface area contributed by atoms with Crippen molar-refractivity contribution in [2.24, 2.45) is 11.8 Å². The molecule has 1 N–H and O–H groups in total. The Bertz CT molecular complexity index is 541. The number of anilines is 1. The molecule has 3 atom stereocenters. The predicted octanol–water partition coefficient (Wildman–Crippen LogP) is 3.50. The van der Waals surface area contributed by atoms with Crippen LogP contribution in [0.1, 0.15) is 23.2 Å². The zero-order valence-electron chi connectivity index (χ0n) is 10.7. The number of carbonyl (C=O) groups is 1. The first kappa shape index (κ1) is 12.5. The van der Waals surface area contributed by atoms with Crippen molar-refractivity contribution in [3.05, 3.63) is 40.9 Å². The summed E-state index contributed by atoms with van der Waals surface area (Å²) >= 11 is 5.94. The van der Waals surface area contributed by atoms with Gasteiger partial charge in [-0.15, -0.1) is 0 Å². The van der Waals surface area contributed by atoms with Crippen molar-refractivity contribution in [2.45, 2.75) is 18.9 Å². The summed E-state index contributed by atoms with van der Waals surface area (Å²) in [7, 11) is 1.38. The van der Waals surface area contributed by atoms with Crippen molar-refractivity contribution >= 4 is 23.3 Å². The van der Waals surface area contributed by atoms with Gasteiger partial charge in [0.15, 0.2) is 0 Å². The molecule has 19 heavy (non-hydrogen) atoms. The number of hydrogen-bond acceptors (Lipinski definition) is 3. The molecule has 0 spiro atoms. The van der Waals surface area contributed by atoms with Crippen LogP contribution in [0.3, 0.4) is 0 Å². The van der Waals surface area contributed by atoms with E-state index in [-0.39, 0.29) is 5.97 Å². The number of nitrogens with one attached hydrogen (secondary N) is 1. The molecule has 0 bridgehead atoms. The van der Waals surface area contributed by atoms with E-state index in [2.05, 4.69) is 17.5 Å². The lowest BCUT2D eigenvalue weighted by Gasteiger charge is -2.41. The van der Waals surface area contributed by atoms with Gasteiger partial charge in [-0.1, -0.05) is 23.8 Å². The van der Waals surface area contributed by atoms with Gasteiger partial charge in [0.25, 0.3) is 0 Å². The molecular formula is C15H16ClNO2. The average Bonchev–Trinajstić information content (AvgIpc) is 2.77. The number of benzene rings is 1. The number of methoxy groups -OCH3 is 1. The van der Waals surface area contributed by atoms with E-state index in [0.717, 1.165) is 18.0 Å². The van der Waals surface area contributed by atoms with E-state index in [1.165, 1.54) is 13.5 Å². The summed E-state index contributed by atoms with van der Waals surface area (Å²) in [6.07, 6.45) is 6.87. The smallest absolute Gasteiger partial charge is 0.340 e. The number of hydrogen-bond donors (Lipinski definition) is 1. The highest BCUT2D eigenvalue weighted by Gasteiger charge is 2.41. The zero-order chi connectivity index (χ0) is 13.4. The van der Waals surface area contributed by atoms with Gasteiger partial charge in [0.2, 0.25) is 0 Å². The van der Waals surface area contributed by atoms with Gasteiger partial charge in [-0.25, -0.2) is 4.79 Å². The van der Waals surface area contributed by atoms with Crippen molar-refractivity contribution in [1.29, 1.82) is 0 Å². The summed E-state index contributed by atoms with van der Waals surface area (Å²) in [5.74, 6) is 1.02. The maximum absolute atomic E-state index is 11.8. The highest BCUT2D eigenvalue weighted by Crippen LogP contribution is 2.44. The molecule has 0 heterocycles. The Labute approximate surface area is 117 Å². The second kappa shape index (κ2) is 4.89. The predicted molar refractivity (Wildman–Crippen MR) is 75.6 cm³/mol. The lowest BCUT2D eigenvalue weighted by Crippen LogP contribution is -2.43. The van der Waals surface area contributed by atoms with E-state index in [0.29, 0.717) is 22.5 Å². The van der Waals surface area contributed by atoms with Crippen LogP contribution in [0.15, 0.2) is 30.4 Å². The van der Waals surface area contributed by atoms with E-state index < -0.39 is 0 Å². The van der Waals surface area contributed by atoms with Gasteiger partial charge in [-0.3, -0.25) is 0 Å². The molecule has 2 aliphatic carbocycles. The molecule has 2 aliphatic rings. The quantitative estimate of drug-likeness (QED) is 0.679. The molecule has 0 aromatic heterocycles. The van der Waals surface area contributed by atoms with Crippen molar-refractivity contribution in [3.63, 3.8) is 0 Å². The number of fused-ring (bicyclic) bond motifs is 1. The molecule has 1 aromatic rings. The fourth-order valence-corrected chi connectivity index (χ4v) is 3.18. The Hall–Kier alpha value is -1.48. The molecule has 3 rings (SSSR count). The number of rotatable bonds is 3. The molecule has 3 nitrogen and oxygen atoms in total. The summed E-state index contributed by atoms with van der Waals surface area (Å²) < 4.78 is 4.80. The van der Waals surface area contributed by atoms with Gasteiger partial charge in [0.1, 0.15) is 0 Å². The summed E-state index contributed by atoms with van der Waals surface area (Å²) in [5, 5.41) is 3.99. The van der Waals surface area contributed by atoms with Crippen LogP contribution in [0.2, 0.25) is 5.02 Å². The van der Waals surface area contributed by atoms with Gasteiger partial charge >= 0.3 is 5.97 Å². The number of carbonyl (C=O) groups excluding carboxylic acids is 1. The van der Waals surface area contributed by atoms with E-state index in [4.69, 9.17) is 16.3 Å². The molecule has 4 heteroatoms. The number of halogens is 1. The molecule has 0 amide bonds. The number of allylic oxidation sites excluding steroid dienone is 1. The lowest BCUT2D eigenvalue weighted by atomic mass is 9.71. The third-order valence-corrected chi connectivity index (χ3v) is 4.33. The van der Waals surface area contributed by atoms with Gasteiger partial charge in [0, 0.05) is 22.7 Å². The second-order valence-corrected chi connectivity index (χ2v) is 5.61. The lowest BCUT2D eigenvalue weighted by molar-refractivity contribution is 0.0601. The normalized spacial score (nSPS) is 27.6. The average molecular weight is 278 g/mol. The molecule has 1 aromatic carbocycles. The molecule has 0 radical (unpaired) electrons. The van der Waals surface area contributed by atoms with Crippen LogP contribution in [-0.4, -0.2) is 19.1 Å². The Balaban J connectivity index is 1.80. The van der Waals surface area contributed by atoms with Gasteiger partial charge in [-0.2, -0.15) is 0 Å². The second-order valence-electron chi connectivity index (χ2n) is 5.17. The molecule has 1 fully saturated rings. The minimum absolute atomic E-state index is 0.358. The van der Waals surface area contributed by atoms with E-state index in [9.17, 15) is 4.79 Å². The highest BCUT2D eigenvalue weighted by molar-refractivity contribution is 6.31. The third kappa shape index (κ3) is 2.23. The van der Waals surface area contributed by atoms with Gasteiger partial charge in [-0.05, 0) is 37.0 Å². The van der Waals surface area contributed by atoms with Crippen LogP contribution in [0.5, 0.6) is 0 Å². The van der Waals surface area contributed by atoms with Crippen molar-refractivity contribution in [2.75, 3.05) is 12.4 Å². The SMILES string of the molecule is COC(=O)c1cc(Cl)ccc1NC1CC2CC=CC21. The van der Waals surface area contributed by atoms with Crippen molar-refractivity contribution in [1.82, 2.24) is 0 Å². The standard InChI is InChI=1S/C15H16ClNO2/c1-19-15(18)12-8-10(16)5-6-13(12)17-14-7-9-3-2-4-11(9)14/h2,4-6,8-9,11,14,17H,3,7H2,1H3. The summed E-state index contributed by atoms with van der Waals surface area (Å²) in [6, 6.07) is 5.70. The van der Waals surface area contributed by atoms with Gasteiger partial charge < -0.3 is 10.1 Å². The first-order chi connectivity index (χ1) is 9.19. The molecule has 0 saturated heterocycles. The summed E-state index contributed by atoms with van der Waals surface area (Å²) in [4.78, 5) is 11.8. The number of ether oxygens (including phenoxy) is 1. The zero-order valence-corrected chi connectivity index (χ0v) is 11.5. The monoisotopic (exact) mass is 277 g/mol. The maximum Gasteiger partial charge on any atom is 0.340 e. The fourth-order valence-electron chi connectivity index (χ4n) is 3.00. The van der Waals surface area contributed by atoms with E-state index in [1.54, 1.807) is 12.1 Å². The highest BCUT2D eigenvalue weighted by atomic mass is 35.5. The molecule has 100 valence electrons. The van der Waals surface area contributed by atoms with Crippen LogP contribution < -0.4 is 5.32 Å². The first-order valence-electron chi connectivity index (χ1n) is 6.50. The van der Waals surface area contributed by atoms with Gasteiger partial charge in [0.05, 0.1) is 12.7 Å². The number of esters is 1. The third-order valence-electron chi connectivity index (χ3n) is 4.09.